The van der Waals surface area contributed by atoms with Gasteiger partial charge in [0.05, 0.1) is 16.3 Å². The molecule has 2 heterocycles. The molecular weight excluding hydrogens is 479 g/mol. The zero-order chi connectivity index (χ0) is 26.6. The van der Waals surface area contributed by atoms with Gasteiger partial charge in [-0.1, -0.05) is 51.1 Å². The van der Waals surface area contributed by atoms with Crippen LogP contribution < -0.4 is 5.32 Å². The molecule has 1 fully saturated rings. The van der Waals surface area contributed by atoms with Crippen LogP contribution in [-0.2, 0) is 4.79 Å². The number of nitrogens with zero attached hydrogens (tertiary/aromatic N) is 5. The van der Waals surface area contributed by atoms with Crippen molar-refractivity contribution < 1.29 is 9.18 Å². The Bertz CT molecular complexity index is 1220. The molecule has 1 aliphatic heterocycles. The Morgan fingerprint density at radius 3 is 2.56 bits per heavy atom. The minimum atomic E-state index is -0.433. The zero-order valence-electron chi connectivity index (χ0n) is 21.3. The summed E-state index contributed by atoms with van der Waals surface area (Å²) in [6.07, 6.45) is 3.22. The van der Waals surface area contributed by atoms with Crippen LogP contribution in [0.25, 0.3) is 11.3 Å². The van der Waals surface area contributed by atoms with E-state index in [0.29, 0.717) is 42.5 Å². The van der Waals surface area contributed by atoms with Crippen LogP contribution in [-0.4, -0.2) is 58.2 Å². The van der Waals surface area contributed by atoms with Crippen molar-refractivity contribution in [3.8, 4) is 17.5 Å². The largest absolute Gasteiger partial charge is 0.369 e. The van der Waals surface area contributed by atoms with Gasteiger partial charge in [-0.3, -0.25) is 4.79 Å². The van der Waals surface area contributed by atoms with Crippen molar-refractivity contribution in [2.75, 3.05) is 25.0 Å². The van der Waals surface area contributed by atoms with Gasteiger partial charge in [0.2, 0.25) is 12.1 Å². The summed E-state index contributed by atoms with van der Waals surface area (Å²) in [5.41, 5.74) is 1.04. The fourth-order valence-corrected chi connectivity index (χ4v) is 4.41. The summed E-state index contributed by atoms with van der Waals surface area (Å²) in [5, 5.41) is 13.2. The molecule has 0 spiro atoms. The van der Waals surface area contributed by atoms with E-state index in [1.807, 2.05) is 24.9 Å². The summed E-state index contributed by atoms with van der Waals surface area (Å²) >= 11 is 6.65. The monoisotopic (exact) mass is 510 g/mol. The Morgan fingerprint density at radius 1 is 1.31 bits per heavy atom. The van der Waals surface area contributed by atoms with Crippen molar-refractivity contribution in [1.82, 2.24) is 14.8 Å². The van der Waals surface area contributed by atoms with Crippen LogP contribution >= 0.6 is 11.6 Å². The molecule has 3 rings (SSSR count). The van der Waals surface area contributed by atoms with Crippen molar-refractivity contribution in [1.29, 1.82) is 5.26 Å². The fraction of sp³-hybridized carbons (Fsp3) is 0.407. The van der Waals surface area contributed by atoms with Crippen LogP contribution in [0, 0.1) is 22.7 Å². The number of halogens is 2. The summed E-state index contributed by atoms with van der Waals surface area (Å²) in [6, 6.07) is 7.72. The summed E-state index contributed by atoms with van der Waals surface area (Å²) in [6.45, 7) is 15.2. The first-order valence-electron chi connectivity index (χ1n) is 11.8. The number of carbonyl (C=O) groups is 1. The number of amides is 1. The fourth-order valence-electron chi connectivity index (χ4n) is 4.16. The summed E-state index contributed by atoms with van der Waals surface area (Å²) in [7, 11) is 0. The van der Waals surface area contributed by atoms with Crippen LogP contribution in [0.15, 0.2) is 48.0 Å². The van der Waals surface area contributed by atoms with Gasteiger partial charge in [0.1, 0.15) is 11.6 Å². The SMILES string of the molecule is C=CC(=O)N1C[C@H](C)N(C(=NC#N)c2cc(Cl)c(-c3ccccc3F)nc2NCC(C)(C)C)C[C@H]1C. The number of pyridine rings is 1. The standard InChI is InChI=1S/C27H32ClFN6O/c1-7-23(36)34-13-18(3)35(14-17(34)2)26(32-16-30)20-12-21(28)24(19-10-8-9-11-22(19)29)33-25(20)31-15-27(4,5)6/h7-12,17-18H,1,13-15H2,2-6H3,(H,31,33)/t17-,18+/m1/s1. The first kappa shape index (κ1) is 27.2. The average Bonchev–Trinajstić information content (AvgIpc) is 2.82. The van der Waals surface area contributed by atoms with E-state index >= 15 is 0 Å². The number of aliphatic imine (C=N–C) groups is 1. The lowest BCUT2D eigenvalue weighted by molar-refractivity contribution is -0.130. The average molecular weight is 511 g/mol. The van der Waals surface area contributed by atoms with E-state index in [1.54, 1.807) is 29.2 Å². The van der Waals surface area contributed by atoms with E-state index in [4.69, 9.17) is 16.6 Å². The van der Waals surface area contributed by atoms with Gasteiger partial charge in [0, 0.05) is 37.3 Å². The molecule has 2 aromatic rings. The third-order valence-corrected chi connectivity index (χ3v) is 6.29. The Hall–Kier alpha value is -3.44. The van der Waals surface area contributed by atoms with E-state index in [0.717, 1.165) is 0 Å². The van der Waals surface area contributed by atoms with Gasteiger partial charge in [-0.05, 0) is 43.5 Å². The predicted octanol–water partition coefficient (Wildman–Crippen LogP) is 5.33. The summed E-state index contributed by atoms with van der Waals surface area (Å²) < 4.78 is 14.6. The number of aromatic nitrogens is 1. The van der Waals surface area contributed by atoms with Crippen molar-refractivity contribution in [3.63, 3.8) is 0 Å². The van der Waals surface area contributed by atoms with Crippen LogP contribution in [0.4, 0.5) is 10.2 Å². The van der Waals surface area contributed by atoms with Gasteiger partial charge in [0.15, 0.2) is 5.84 Å². The number of piperazine rings is 1. The molecule has 1 saturated heterocycles. The van der Waals surface area contributed by atoms with Crippen LogP contribution in [0.5, 0.6) is 0 Å². The van der Waals surface area contributed by atoms with Gasteiger partial charge in [-0.25, -0.2) is 9.37 Å². The maximum absolute atomic E-state index is 14.6. The molecule has 0 bridgehead atoms. The molecule has 0 saturated carbocycles. The van der Waals surface area contributed by atoms with Crippen molar-refractivity contribution >= 4 is 29.2 Å². The maximum Gasteiger partial charge on any atom is 0.246 e. The van der Waals surface area contributed by atoms with Gasteiger partial charge < -0.3 is 15.1 Å². The second kappa shape index (κ2) is 11.1. The smallest absolute Gasteiger partial charge is 0.246 e. The minimum Gasteiger partial charge on any atom is -0.369 e. The molecule has 0 aliphatic carbocycles. The Kier molecular flexibility index (Phi) is 8.36. The molecule has 1 aromatic heterocycles. The minimum absolute atomic E-state index is 0.0816. The topological polar surface area (TPSA) is 84.6 Å². The molecule has 2 atom stereocenters. The first-order valence-corrected chi connectivity index (χ1v) is 12.2. The van der Waals surface area contributed by atoms with Crippen LogP contribution in [0.1, 0.15) is 40.2 Å². The van der Waals surface area contributed by atoms with Crippen LogP contribution in [0.2, 0.25) is 5.02 Å². The quantitative estimate of drug-likeness (QED) is 0.254. The maximum atomic E-state index is 14.6. The third-order valence-electron chi connectivity index (χ3n) is 6.00. The highest BCUT2D eigenvalue weighted by atomic mass is 35.5. The number of benzene rings is 1. The van der Waals surface area contributed by atoms with Crippen molar-refractivity contribution in [3.05, 3.63) is 59.4 Å². The van der Waals surface area contributed by atoms with Gasteiger partial charge in [-0.15, -0.1) is 0 Å². The molecule has 1 aromatic carbocycles. The molecule has 1 aliphatic rings. The lowest BCUT2D eigenvalue weighted by Gasteiger charge is -2.45. The van der Waals surface area contributed by atoms with E-state index in [1.165, 1.54) is 12.1 Å². The Morgan fingerprint density at radius 2 is 1.94 bits per heavy atom. The van der Waals surface area contributed by atoms with Gasteiger partial charge in [0.25, 0.3) is 0 Å². The normalized spacial score (nSPS) is 18.6. The molecule has 36 heavy (non-hydrogen) atoms. The number of hydrogen-bond donors (Lipinski definition) is 1. The van der Waals surface area contributed by atoms with Crippen molar-refractivity contribution in [2.45, 2.75) is 46.7 Å². The highest BCUT2D eigenvalue weighted by Gasteiger charge is 2.34. The van der Waals surface area contributed by atoms with E-state index in [2.05, 4.69) is 37.7 Å². The molecule has 9 heteroatoms. The lowest BCUT2D eigenvalue weighted by Crippen LogP contribution is -2.59. The number of hydrogen-bond acceptors (Lipinski definition) is 5. The number of nitrogens with one attached hydrogen (secondary N) is 1. The number of nitriles is 1. The molecule has 190 valence electrons. The third kappa shape index (κ3) is 6.03. The second-order valence-electron chi connectivity index (χ2n) is 10.2. The number of anilines is 1. The zero-order valence-corrected chi connectivity index (χ0v) is 22.1. The first-order chi connectivity index (χ1) is 17.0. The predicted molar refractivity (Wildman–Crippen MR) is 142 cm³/mol. The molecular formula is C27H32ClFN6O. The van der Waals surface area contributed by atoms with E-state index in [-0.39, 0.29) is 34.0 Å². The van der Waals surface area contributed by atoms with Crippen molar-refractivity contribution in [2.24, 2.45) is 10.4 Å². The molecule has 1 N–H and O–H groups in total. The highest BCUT2D eigenvalue weighted by molar-refractivity contribution is 6.33. The summed E-state index contributed by atoms with van der Waals surface area (Å²) in [4.78, 5) is 24.9. The molecule has 0 radical (unpaired) electrons. The van der Waals surface area contributed by atoms with Crippen LogP contribution in [0.3, 0.4) is 0 Å². The number of carbonyl (C=O) groups excluding carboxylic acids is 1. The second-order valence-corrected chi connectivity index (χ2v) is 10.6. The van der Waals surface area contributed by atoms with Gasteiger partial charge in [-0.2, -0.15) is 10.3 Å². The number of rotatable bonds is 5. The highest BCUT2D eigenvalue weighted by Crippen LogP contribution is 2.33. The van der Waals surface area contributed by atoms with E-state index in [9.17, 15) is 14.4 Å². The molecule has 7 nitrogen and oxygen atoms in total. The number of amidine groups is 1. The molecule has 0 unspecified atom stereocenters. The lowest BCUT2D eigenvalue weighted by atomic mass is 9.97. The Balaban J connectivity index is 2.12. The molecule has 1 amide bonds. The van der Waals surface area contributed by atoms with E-state index < -0.39 is 5.82 Å². The van der Waals surface area contributed by atoms with Gasteiger partial charge >= 0.3 is 0 Å². The Labute approximate surface area is 217 Å². The summed E-state index contributed by atoms with van der Waals surface area (Å²) in [5.74, 6) is 0.275.